The van der Waals surface area contributed by atoms with Crippen LogP contribution in [0.15, 0.2) is 0 Å². The molecule has 0 aromatic heterocycles. The van der Waals surface area contributed by atoms with Gasteiger partial charge in [0, 0.05) is 6.54 Å². The van der Waals surface area contributed by atoms with Crippen molar-refractivity contribution < 1.29 is 4.74 Å². The first-order valence-electron chi connectivity index (χ1n) is 6.27. The number of nitrogens with zero attached hydrogens (tertiary/aromatic N) is 1. The van der Waals surface area contributed by atoms with Gasteiger partial charge in [-0.05, 0) is 51.2 Å². The Bertz CT molecular complexity index is 162. The summed E-state index contributed by atoms with van der Waals surface area (Å²) in [5, 5.41) is 3.49. The molecule has 2 rings (SSSR count). The summed E-state index contributed by atoms with van der Waals surface area (Å²) in [5.74, 6) is 1.55. The van der Waals surface area contributed by atoms with Gasteiger partial charge in [-0.2, -0.15) is 0 Å². The van der Waals surface area contributed by atoms with E-state index < -0.39 is 0 Å². The molecule has 0 radical (unpaired) electrons. The average Bonchev–Trinajstić information content (AvgIpc) is 2.25. The minimum atomic E-state index is 0.328. The standard InChI is InChI=1S/C12H24N2O/c1-10-8-13-12(15-9-10)7-11-3-5-14(2)6-4-11/h10-13H,3-9H2,1-2H3. The highest BCUT2D eigenvalue weighted by Crippen LogP contribution is 2.22. The molecule has 0 bridgehead atoms. The third kappa shape index (κ3) is 3.44. The van der Waals surface area contributed by atoms with Crippen molar-refractivity contribution >= 4 is 0 Å². The molecule has 2 aliphatic rings. The molecule has 2 fully saturated rings. The largest absolute Gasteiger partial charge is 0.363 e. The first-order chi connectivity index (χ1) is 7.24. The van der Waals surface area contributed by atoms with Gasteiger partial charge in [0.1, 0.15) is 6.23 Å². The Morgan fingerprint density at radius 1 is 1.33 bits per heavy atom. The molecule has 15 heavy (non-hydrogen) atoms. The summed E-state index contributed by atoms with van der Waals surface area (Å²) < 4.78 is 5.80. The highest BCUT2D eigenvalue weighted by atomic mass is 16.5. The first-order valence-corrected chi connectivity index (χ1v) is 6.27. The fraction of sp³-hybridized carbons (Fsp3) is 1.00. The van der Waals surface area contributed by atoms with Crippen LogP contribution in [0.2, 0.25) is 0 Å². The highest BCUT2D eigenvalue weighted by Gasteiger charge is 2.23. The van der Waals surface area contributed by atoms with Gasteiger partial charge in [0.2, 0.25) is 0 Å². The lowest BCUT2D eigenvalue weighted by atomic mass is 9.92. The molecule has 2 heterocycles. The molecule has 2 aliphatic heterocycles. The number of ether oxygens (including phenoxy) is 1. The van der Waals surface area contributed by atoms with Gasteiger partial charge in [-0.15, -0.1) is 0 Å². The van der Waals surface area contributed by atoms with Crippen molar-refractivity contribution in [1.29, 1.82) is 0 Å². The van der Waals surface area contributed by atoms with Crippen LogP contribution in [-0.2, 0) is 4.74 Å². The topological polar surface area (TPSA) is 24.5 Å². The second-order valence-electron chi connectivity index (χ2n) is 5.32. The molecule has 88 valence electrons. The van der Waals surface area contributed by atoms with Crippen molar-refractivity contribution in [3.05, 3.63) is 0 Å². The maximum Gasteiger partial charge on any atom is 0.108 e. The smallest absolute Gasteiger partial charge is 0.108 e. The maximum atomic E-state index is 5.80. The molecule has 2 unspecified atom stereocenters. The van der Waals surface area contributed by atoms with Crippen LogP contribution in [0.25, 0.3) is 0 Å². The Hall–Kier alpha value is -0.120. The Kier molecular flexibility index (Phi) is 4.00. The molecule has 0 aromatic carbocycles. The molecular weight excluding hydrogens is 188 g/mol. The third-order valence-electron chi connectivity index (χ3n) is 3.66. The predicted molar refractivity (Wildman–Crippen MR) is 61.7 cm³/mol. The lowest BCUT2D eigenvalue weighted by Crippen LogP contribution is -2.44. The van der Waals surface area contributed by atoms with Crippen LogP contribution in [0.4, 0.5) is 0 Å². The summed E-state index contributed by atoms with van der Waals surface area (Å²) in [5.41, 5.74) is 0. The van der Waals surface area contributed by atoms with Gasteiger partial charge in [0.05, 0.1) is 6.61 Å². The van der Waals surface area contributed by atoms with E-state index in [1.54, 1.807) is 0 Å². The molecule has 0 spiro atoms. The van der Waals surface area contributed by atoms with Crippen molar-refractivity contribution in [1.82, 2.24) is 10.2 Å². The highest BCUT2D eigenvalue weighted by molar-refractivity contribution is 4.75. The van der Waals surface area contributed by atoms with Gasteiger partial charge in [0.15, 0.2) is 0 Å². The van der Waals surface area contributed by atoms with E-state index in [0.717, 1.165) is 19.1 Å². The molecule has 2 saturated heterocycles. The van der Waals surface area contributed by atoms with Gasteiger partial charge >= 0.3 is 0 Å². The Labute approximate surface area is 93.2 Å². The lowest BCUT2D eigenvalue weighted by molar-refractivity contribution is -0.0398. The average molecular weight is 212 g/mol. The predicted octanol–water partition coefficient (Wildman–Crippen LogP) is 1.30. The van der Waals surface area contributed by atoms with Crippen molar-refractivity contribution in [3.8, 4) is 0 Å². The molecule has 3 heteroatoms. The van der Waals surface area contributed by atoms with Crippen LogP contribution in [0.5, 0.6) is 0 Å². The summed E-state index contributed by atoms with van der Waals surface area (Å²) in [6.07, 6.45) is 4.22. The number of piperidine rings is 1. The van der Waals surface area contributed by atoms with Crippen LogP contribution < -0.4 is 5.32 Å². The summed E-state index contributed by atoms with van der Waals surface area (Å²) in [6.45, 7) is 6.81. The Morgan fingerprint density at radius 3 is 2.67 bits per heavy atom. The van der Waals surface area contributed by atoms with Crippen molar-refractivity contribution in [3.63, 3.8) is 0 Å². The molecule has 0 aliphatic carbocycles. The van der Waals surface area contributed by atoms with E-state index >= 15 is 0 Å². The monoisotopic (exact) mass is 212 g/mol. The molecular formula is C12H24N2O. The zero-order valence-electron chi connectivity index (χ0n) is 10.0. The van der Waals surface area contributed by atoms with Gasteiger partial charge in [-0.25, -0.2) is 0 Å². The summed E-state index contributed by atoms with van der Waals surface area (Å²) in [7, 11) is 2.22. The molecule has 1 N–H and O–H groups in total. The van der Waals surface area contributed by atoms with E-state index in [1.807, 2.05) is 0 Å². The summed E-state index contributed by atoms with van der Waals surface area (Å²) in [6, 6.07) is 0. The number of nitrogens with one attached hydrogen (secondary N) is 1. The molecule has 0 saturated carbocycles. The normalized spacial score (nSPS) is 35.6. The molecule has 0 aromatic rings. The number of hydrogen-bond acceptors (Lipinski definition) is 3. The van der Waals surface area contributed by atoms with Crippen LogP contribution in [0, 0.1) is 11.8 Å². The van der Waals surface area contributed by atoms with Gasteiger partial charge < -0.3 is 9.64 Å². The van der Waals surface area contributed by atoms with Crippen LogP contribution in [0.1, 0.15) is 26.2 Å². The SMILES string of the molecule is CC1CNC(CC2CCN(C)CC2)OC1. The fourth-order valence-electron chi connectivity index (χ4n) is 2.48. The van der Waals surface area contributed by atoms with E-state index in [-0.39, 0.29) is 0 Å². The quantitative estimate of drug-likeness (QED) is 0.747. The lowest BCUT2D eigenvalue weighted by Gasteiger charge is -2.34. The molecule has 3 nitrogen and oxygen atoms in total. The number of likely N-dealkylation sites (tertiary alicyclic amines) is 1. The van der Waals surface area contributed by atoms with E-state index in [2.05, 4.69) is 24.2 Å². The molecule has 0 amide bonds. The van der Waals surface area contributed by atoms with Gasteiger partial charge in [0.25, 0.3) is 0 Å². The number of rotatable bonds is 2. The van der Waals surface area contributed by atoms with E-state index in [4.69, 9.17) is 4.74 Å². The van der Waals surface area contributed by atoms with Gasteiger partial charge in [-0.3, -0.25) is 5.32 Å². The maximum absolute atomic E-state index is 5.80. The van der Waals surface area contributed by atoms with Crippen LogP contribution >= 0.6 is 0 Å². The van der Waals surface area contributed by atoms with Crippen LogP contribution in [-0.4, -0.2) is 44.4 Å². The van der Waals surface area contributed by atoms with E-state index in [1.165, 1.54) is 32.4 Å². The Balaban J connectivity index is 1.68. The Morgan fingerprint density at radius 2 is 2.07 bits per heavy atom. The minimum absolute atomic E-state index is 0.328. The van der Waals surface area contributed by atoms with Gasteiger partial charge in [-0.1, -0.05) is 6.92 Å². The summed E-state index contributed by atoms with van der Waals surface area (Å²) >= 11 is 0. The minimum Gasteiger partial charge on any atom is -0.363 e. The zero-order chi connectivity index (χ0) is 10.7. The third-order valence-corrected chi connectivity index (χ3v) is 3.66. The van der Waals surface area contributed by atoms with Crippen molar-refractivity contribution in [2.75, 3.05) is 33.3 Å². The number of hydrogen-bond donors (Lipinski definition) is 1. The van der Waals surface area contributed by atoms with E-state index in [9.17, 15) is 0 Å². The fourth-order valence-corrected chi connectivity index (χ4v) is 2.48. The van der Waals surface area contributed by atoms with E-state index in [0.29, 0.717) is 12.1 Å². The molecule has 2 atom stereocenters. The van der Waals surface area contributed by atoms with Crippen molar-refractivity contribution in [2.24, 2.45) is 11.8 Å². The zero-order valence-corrected chi connectivity index (χ0v) is 10.0. The second kappa shape index (κ2) is 5.28. The second-order valence-corrected chi connectivity index (χ2v) is 5.32. The first kappa shape index (κ1) is 11.4. The summed E-state index contributed by atoms with van der Waals surface area (Å²) in [4.78, 5) is 2.42. The van der Waals surface area contributed by atoms with Crippen molar-refractivity contribution in [2.45, 2.75) is 32.4 Å². The van der Waals surface area contributed by atoms with Crippen LogP contribution in [0.3, 0.4) is 0 Å².